The van der Waals surface area contributed by atoms with Crippen molar-refractivity contribution in [3.8, 4) is 11.3 Å². The average Bonchev–Trinajstić information content (AvgIpc) is 3.19. The van der Waals surface area contributed by atoms with Crippen molar-refractivity contribution >= 4 is 28.1 Å². The third-order valence-corrected chi connectivity index (χ3v) is 6.17. The lowest BCUT2D eigenvalue weighted by molar-refractivity contribution is -0.117. The van der Waals surface area contributed by atoms with E-state index in [1.165, 1.54) is 28.2 Å². The number of aryl methyl sites for hydroxylation is 2. The minimum Gasteiger partial charge on any atom is -0.369 e. The van der Waals surface area contributed by atoms with Crippen molar-refractivity contribution in [1.29, 1.82) is 0 Å². The van der Waals surface area contributed by atoms with Crippen molar-refractivity contribution < 1.29 is 4.79 Å². The molecule has 0 spiro atoms. The first kappa shape index (κ1) is 19.6. The molecule has 1 amide bonds. The molecule has 0 saturated carbocycles. The molecule has 0 atom stereocenters. The number of benzene rings is 2. The number of anilines is 2. The Balaban J connectivity index is 1.29. The van der Waals surface area contributed by atoms with Crippen molar-refractivity contribution in [2.45, 2.75) is 13.8 Å². The van der Waals surface area contributed by atoms with E-state index in [4.69, 9.17) is 0 Å². The number of thiazole rings is 1. The monoisotopic (exact) mass is 406 g/mol. The Bertz CT molecular complexity index is 978. The minimum atomic E-state index is -0.000789. The molecule has 0 bridgehead atoms. The lowest BCUT2D eigenvalue weighted by Gasteiger charge is -2.35. The van der Waals surface area contributed by atoms with Gasteiger partial charge in [-0.05, 0) is 43.2 Å². The van der Waals surface area contributed by atoms with E-state index in [1.54, 1.807) is 0 Å². The molecule has 3 aromatic rings. The molecule has 1 aromatic heterocycles. The van der Waals surface area contributed by atoms with E-state index in [0.717, 1.165) is 37.4 Å². The van der Waals surface area contributed by atoms with Gasteiger partial charge in [0, 0.05) is 42.8 Å². The molecule has 5 nitrogen and oxygen atoms in total. The van der Waals surface area contributed by atoms with Crippen LogP contribution in [0.4, 0.5) is 10.8 Å². The third kappa shape index (κ3) is 4.83. The standard InChI is InChI=1S/C23H26N4OS/c1-17-8-9-19(14-18(17)2)21-16-29-23(24-21)25-22(28)15-26-10-12-27(13-11-26)20-6-4-3-5-7-20/h3-9,14,16H,10-13,15H2,1-2H3,(H,24,25,28). The second-order valence-electron chi connectivity index (χ2n) is 7.48. The number of amides is 1. The third-order valence-electron chi connectivity index (χ3n) is 5.41. The molecule has 1 saturated heterocycles. The Labute approximate surface area is 176 Å². The van der Waals surface area contributed by atoms with Gasteiger partial charge in [0.2, 0.25) is 5.91 Å². The molecule has 1 N–H and O–H groups in total. The Kier molecular flexibility index (Phi) is 5.92. The molecule has 4 rings (SSSR count). The van der Waals surface area contributed by atoms with Crippen LogP contribution in [-0.4, -0.2) is 48.5 Å². The van der Waals surface area contributed by atoms with E-state index in [1.807, 2.05) is 11.4 Å². The van der Waals surface area contributed by atoms with Crippen LogP contribution in [0.5, 0.6) is 0 Å². The maximum absolute atomic E-state index is 12.5. The van der Waals surface area contributed by atoms with Crippen molar-refractivity contribution in [2.75, 3.05) is 42.9 Å². The van der Waals surface area contributed by atoms with Gasteiger partial charge in [-0.1, -0.05) is 30.3 Å². The van der Waals surface area contributed by atoms with Gasteiger partial charge < -0.3 is 10.2 Å². The first-order chi connectivity index (χ1) is 14.1. The van der Waals surface area contributed by atoms with Crippen molar-refractivity contribution in [2.24, 2.45) is 0 Å². The lowest BCUT2D eigenvalue weighted by atomic mass is 10.1. The van der Waals surface area contributed by atoms with Crippen LogP contribution in [0, 0.1) is 13.8 Å². The molecule has 1 aliphatic rings. The zero-order chi connectivity index (χ0) is 20.2. The molecule has 6 heteroatoms. The molecule has 150 valence electrons. The van der Waals surface area contributed by atoms with E-state index in [0.29, 0.717) is 11.7 Å². The number of nitrogens with zero attached hydrogens (tertiary/aromatic N) is 3. The minimum absolute atomic E-state index is 0.000789. The quantitative estimate of drug-likeness (QED) is 0.690. The van der Waals surface area contributed by atoms with Gasteiger partial charge in [-0.15, -0.1) is 11.3 Å². The molecule has 0 unspecified atom stereocenters. The van der Waals surface area contributed by atoms with Gasteiger partial charge in [0.25, 0.3) is 0 Å². The number of para-hydroxylation sites is 1. The summed E-state index contributed by atoms with van der Waals surface area (Å²) in [5.41, 5.74) is 5.76. The molecular weight excluding hydrogens is 380 g/mol. The number of rotatable bonds is 5. The van der Waals surface area contributed by atoms with E-state index in [9.17, 15) is 4.79 Å². The number of carbonyl (C=O) groups is 1. The second-order valence-corrected chi connectivity index (χ2v) is 8.34. The van der Waals surface area contributed by atoms with Crippen LogP contribution in [0.25, 0.3) is 11.3 Å². The molecule has 2 heterocycles. The summed E-state index contributed by atoms with van der Waals surface area (Å²) < 4.78 is 0. The highest BCUT2D eigenvalue weighted by Gasteiger charge is 2.19. The van der Waals surface area contributed by atoms with Gasteiger partial charge in [0.15, 0.2) is 5.13 Å². The molecule has 29 heavy (non-hydrogen) atoms. The maximum Gasteiger partial charge on any atom is 0.240 e. The summed E-state index contributed by atoms with van der Waals surface area (Å²) >= 11 is 1.47. The summed E-state index contributed by atoms with van der Waals surface area (Å²) in [6.45, 7) is 8.25. The van der Waals surface area contributed by atoms with Crippen LogP contribution < -0.4 is 10.2 Å². The normalized spacial score (nSPS) is 14.8. The lowest BCUT2D eigenvalue weighted by Crippen LogP contribution is -2.48. The number of hydrogen-bond acceptors (Lipinski definition) is 5. The van der Waals surface area contributed by atoms with E-state index < -0.39 is 0 Å². The summed E-state index contributed by atoms with van der Waals surface area (Å²) in [6.07, 6.45) is 0. The first-order valence-corrected chi connectivity index (χ1v) is 10.8. The molecule has 0 aliphatic carbocycles. The summed E-state index contributed by atoms with van der Waals surface area (Å²) in [5.74, 6) is -0.000789. The summed E-state index contributed by atoms with van der Waals surface area (Å²) in [7, 11) is 0. The van der Waals surface area contributed by atoms with Crippen molar-refractivity contribution in [1.82, 2.24) is 9.88 Å². The first-order valence-electron chi connectivity index (χ1n) is 9.94. The van der Waals surface area contributed by atoms with Crippen LogP contribution in [0.3, 0.4) is 0 Å². The number of piperazine rings is 1. The van der Waals surface area contributed by atoms with Gasteiger partial charge in [0.1, 0.15) is 0 Å². The van der Waals surface area contributed by atoms with Gasteiger partial charge in [-0.2, -0.15) is 0 Å². The van der Waals surface area contributed by atoms with E-state index in [2.05, 4.69) is 76.4 Å². The van der Waals surface area contributed by atoms with Gasteiger partial charge >= 0.3 is 0 Å². The fraction of sp³-hybridized carbons (Fsp3) is 0.304. The van der Waals surface area contributed by atoms with Crippen molar-refractivity contribution in [3.05, 3.63) is 65.0 Å². The van der Waals surface area contributed by atoms with Crippen LogP contribution in [0.2, 0.25) is 0 Å². The Hall–Kier alpha value is -2.70. The number of carbonyl (C=O) groups excluding carboxylic acids is 1. The predicted octanol–water partition coefficient (Wildman–Crippen LogP) is 4.19. The smallest absolute Gasteiger partial charge is 0.240 e. The Morgan fingerprint density at radius 1 is 1.03 bits per heavy atom. The highest BCUT2D eigenvalue weighted by atomic mass is 32.1. The summed E-state index contributed by atoms with van der Waals surface area (Å²) in [4.78, 5) is 21.6. The van der Waals surface area contributed by atoms with Crippen LogP contribution in [-0.2, 0) is 4.79 Å². The molecule has 1 fully saturated rings. The van der Waals surface area contributed by atoms with Gasteiger partial charge in [0.05, 0.1) is 12.2 Å². The topological polar surface area (TPSA) is 48.5 Å². The Morgan fingerprint density at radius 3 is 2.52 bits per heavy atom. The second kappa shape index (κ2) is 8.76. The van der Waals surface area contributed by atoms with E-state index >= 15 is 0 Å². The van der Waals surface area contributed by atoms with Crippen LogP contribution in [0.15, 0.2) is 53.9 Å². The SMILES string of the molecule is Cc1ccc(-c2csc(NC(=O)CN3CCN(c4ccccc4)CC3)n2)cc1C. The zero-order valence-corrected chi connectivity index (χ0v) is 17.7. The number of aromatic nitrogens is 1. The summed E-state index contributed by atoms with van der Waals surface area (Å²) in [6, 6.07) is 16.8. The highest BCUT2D eigenvalue weighted by molar-refractivity contribution is 7.14. The predicted molar refractivity (Wildman–Crippen MR) is 121 cm³/mol. The fourth-order valence-electron chi connectivity index (χ4n) is 3.53. The van der Waals surface area contributed by atoms with Crippen molar-refractivity contribution in [3.63, 3.8) is 0 Å². The fourth-order valence-corrected chi connectivity index (χ4v) is 4.27. The van der Waals surface area contributed by atoms with Crippen LogP contribution >= 0.6 is 11.3 Å². The largest absolute Gasteiger partial charge is 0.369 e. The van der Waals surface area contributed by atoms with E-state index in [-0.39, 0.29) is 5.91 Å². The zero-order valence-electron chi connectivity index (χ0n) is 16.9. The number of hydrogen-bond donors (Lipinski definition) is 1. The maximum atomic E-state index is 12.5. The van der Waals surface area contributed by atoms with Gasteiger partial charge in [-0.25, -0.2) is 4.98 Å². The average molecular weight is 407 g/mol. The van der Waals surface area contributed by atoms with Crippen LogP contribution in [0.1, 0.15) is 11.1 Å². The number of nitrogens with one attached hydrogen (secondary N) is 1. The molecule has 0 radical (unpaired) electrons. The molecule has 1 aliphatic heterocycles. The Morgan fingerprint density at radius 2 is 1.79 bits per heavy atom. The molecule has 2 aromatic carbocycles. The summed E-state index contributed by atoms with van der Waals surface area (Å²) in [5, 5.41) is 5.62. The highest BCUT2D eigenvalue weighted by Crippen LogP contribution is 2.26. The van der Waals surface area contributed by atoms with Gasteiger partial charge in [-0.3, -0.25) is 9.69 Å². The molecular formula is C23H26N4OS.